The Morgan fingerprint density at radius 3 is 2.76 bits per heavy atom. The van der Waals surface area contributed by atoms with Crippen molar-refractivity contribution in [1.29, 1.82) is 0 Å². The Morgan fingerprint density at radius 1 is 1.43 bits per heavy atom. The first kappa shape index (κ1) is 16.5. The first-order chi connectivity index (χ1) is 10.1. The minimum Gasteiger partial charge on any atom is -0.493 e. The third-order valence-corrected chi connectivity index (χ3v) is 4.96. The zero-order chi connectivity index (χ0) is 15.2. The Labute approximate surface area is 137 Å². The van der Waals surface area contributed by atoms with Crippen molar-refractivity contribution >= 4 is 39.3 Å². The van der Waals surface area contributed by atoms with E-state index >= 15 is 0 Å². The zero-order valence-corrected chi connectivity index (χ0v) is 14.5. The number of carbonyl (C=O) groups excluding carboxylic acids is 1. The highest BCUT2D eigenvalue weighted by molar-refractivity contribution is 9.10. The number of rotatable bonds is 5. The fourth-order valence-corrected chi connectivity index (χ4v) is 3.50. The summed E-state index contributed by atoms with van der Waals surface area (Å²) in [7, 11) is 3.15. The van der Waals surface area contributed by atoms with Gasteiger partial charge in [-0.05, 0) is 15.9 Å². The van der Waals surface area contributed by atoms with Crippen LogP contribution in [0.3, 0.4) is 0 Å². The molecule has 1 fully saturated rings. The molecule has 1 unspecified atom stereocenters. The van der Waals surface area contributed by atoms with E-state index in [-0.39, 0.29) is 11.9 Å². The maximum Gasteiger partial charge on any atom is 0.226 e. The number of nitrogens with one attached hydrogen (secondary N) is 2. The molecule has 1 heterocycles. The Bertz CT molecular complexity index is 507. The van der Waals surface area contributed by atoms with Crippen molar-refractivity contribution in [2.45, 2.75) is 12.5 Å². The summed E-state index contributed by atoms with van der Waals surface area (Å²) >= 11 is 5.31. The maximum atomic E-state index is 12.1. The molecule has 2 N–H and O–H groups in total. The normalized spacial score (nSPS) is 18.1. The molecular formula is C14H19BrN2O3S. The molecule has 1 aromatic rings. The van der Waals surface area contributed by atoms with E-state index in [9.17, 15) is 4.79 Å². The lowest BCUT2D eigenvalue weighted by molar-refractivity contribution is -0.116. The van der Waals surface area contributed by atoms with Crippen LogP contribution < -0.4 is 20.1 Å². The van der Waals surface area contributed by atoms with E-state index in [0.29, 0.717) is 23.6 Å². The first-order valence-corrected chi connectivity index (χ1v) is 8.61. The molecule has 0 aliphatic carbocycles. The highest BCUT2D eigenvalue weighted by Gasteiger charge is 2.18. The summed E-state index contributed by atoms with van der Waals surface area (Å²) in [6.07, 6.45) is 0.466. The summed E-state index contributed by atoms with van der Waals surface area (Å²) in [5.74, 6) is 3.28. The van der Waals surface area contributed by atoms with Gasteiger partial charge in [0.15, 0.2) is 11.5 Å². The molecule has 1 aliphatic rings. The molecule has 1 saturated heterocycles. The number of benzene rings is 1. The van der Waals surface area contributed by atoms with E-state index in [2.05, 4.69) is 26.6 Å². The van der Waals surface area contributed by atoms with Crippen LogP contribution in [0.5, 0.6) is 11.5 Å². The summed E-state index contributed by atoms with van der Waals surface area (Å²) in [4.78, 5) is 12.1. The fourth-order valence-electron chi connectivity index (χ4n) is 2.13. The number of hydrogen-bond donors (Lipinski definition) is 2. The van der Waals surface area contributed by atoms with Gasteiger partial charge in [-0.25, -0.2) is 0 Å². The predicted octanol–water partition coefficient (Wildman–Crippen LogP) is 2.50. The molecule has 7 heteroatoms. The second-order valence-corrected chi connectivity index (χ2v) is 6.67. The zero-order valence-electron chi connectivity index (χ0n) is 12.1. The second kappa shape index (κ2) is 7.91. The van der Waals surface area contributed by atoms with Crippen molar-refractivity contribution in [2.24, 2.45) is 0 Å². The molecule has 1 aliphatic heterocycles. The van der Waals surface area contributed by atoms with Crippen molar-refractivity contribution in [3.8, 4) is 11.5 Å². The number of carbonyl (C=O) groups is 1. The smallest absolute Gasteiger partial charge is 0.226 e. The van der Waals surface area contributed by atoms with Crippen LogP contribution in [0, 0.1) is 0 Å². The molecule has 1 amide bonds. The first-order valence-electron chi connectivity index (χ1n) is 6.66. The molecule has 0 radical (unpaired) electrons. The average molecular weight is 375 g/mol. The molecule has 0 saturated carbocycles. The molecule has 116 valence electrons. The number of thioether (sulfide) groups is 1. The van der Waals surface area contributed by atoms with E-state index in [1.54, 1.807) is 26.4 Å². The van der Waals surface area contributed by atoms with E-state index in [1.807, 2.05) is 11.8 Å². The van der Waals surface area contributed by atoms with Crippen LogP contribution in [0.1, 0.15) is 6.42 Å². The molecule has 0 spiro atoms. The van der Waals surface area contributed by atoms with Crippen LogP contribution in [-0.2, 0) is 4.79 Å². The number of methoxy groups -OCH3 is 2. The number of anilines is 1. The lowest BCUT2D eigenvalue weighted by Gasteiger charge is -2.22. The van der Waals surface area contributed by atoms with Crippen molar-refractivity contribution in [1.82, 2.24) is 5.32 Å². The van der Waals surface area contributed by atoms with Gasteiger partial charge in [0.1, 0.15) is 0 Å². The molecule has 1 aromatic carbocycles. The van der Waals surface area contributed by atoms with Crippen molar-refractivity contribution in [2.75, 3.05) is 37.6 Å². The van der Waals surface area contributed by atoms with Gasteiger partial charge in [0.2, 0.25) is 5.91 Å². The monoisotopic (exact) mass is 374 g/mol. The molecule has 2 rings (SSSR count). The summed E-state index contributed by atoms with van der Waals surface area (Å²) in [5, 5.41) is 6.27. The van der Waals surface area contributed by atoms with Gasteiger partial charge in [-0.1, -0.05) is 0 Å². The third kappa shape index (κ3) is 4.52. The largest absolute Gasteiger partial charge is 0.493 e. The lowest BCUT2D eigenvalue weighted by atomic mass is 10.2. The summed E-state index contributed by atoms with van der Waals surface area (Å²) in [6, 6.07) is 3.77. The standard InChI is InChI=1S/C14H19BrN2O3S/c1-19-12-6-10(15)11(7-13(12)20-2)17-14(18)5-9-8-21-4-3-16-9/h6-7,9,16H,3-5,8H2,1-2H3,(H,17,18). The van der Waals surface area contributed by atoms with Gasteiger partial charge in [0.05, 0.1) is 19.9 Å². The van der Waals surface area contributed by atoms with E-state index < -0.39 is 0 Å². The van der Waals surface area contributed by atoms with Gasteiger partial charge in [0.25, 0.3) is 0 Å². The van der Waals surface area contributed by atoms with Crippen LogP contribution in [0.4, 0.5) is 5.69 Å². The third-order valence-electron chi connectivity index (χ3n) is 3.18. The molecular weight excluding hydrogens is 356 g/mol. The predicted molar refractivity (Wildman–Crippen MR) is 89.6 cm³/mol. The Balaban J connectivity index is 2.02. The highest BCUT2D eigenvalue weighted by atomic mass is 79.9. The average Bonchev–Trinajstić information content (AvgIpc) is 2.49. The van der Waals surface area contributed by atoms with Gasteiger partial charge in [-0.15, -0.1) is 0 Å². The van der Waals surface area contributed by atoms with Gasteiger partial charge in [0, 0.05) is 47.1 Å². The number of amides is 1. The molecule has 0 bridgehead atoms. The van der Waals surface area contributed by atoms with Crippen LogP contribution in [0.2, 0.25) is 0 Å². The number of hydrogen-bond acceptors (Lipinski definition) is 5. The van der Waals surface area contributed by atoms with Crippen LogP contribution >= 0.6 is 27.7 Å². The minimum atomic E-state index is -0.0112. The Morgan fingerprint density at radius 2 is 2.14 bits per heavy atom. The van der Waals surface area contributed by atoms with Gasteiger partial charge >= 0.3 is 0 Å². The molecule has 21 heavy (non-hydrogen) atoms. The SMILES string of the molecule is COc1cc(Br)c(NC(=O)CC2CSCCN2)cc1OC. The number of ether oxygens (including phenoxy) is 2. The Kier molecular flexibility index (Phi) is 6.20. The molecule has 1 atom stereocenters. The maximum absolute atomic E-state index is 12.1. The lowest BCUT2D eigenvalue weighted by Crippen LogP contribution is -2.39. The molecule has 0 aromatic heterocycles. The van der Waals surface area contributed by atoms with Crippen molar-refractivity contribution < 1.29 is 14.3 Å². The van der Waals surface area contributed by atoms with Gasteiger partial charge in [-0.3, -0.25) is 4.79 Å². The van der Waals surface area contributed by atoms with Crippen LogP contribution in [0.15, 0.2) is 16.6 Å². The molecule has 5 nitrogen and oxygen atoms in total. The van der Waals surface area contributed by atoms with Crippen molar-refractivity contribution in [3.05, 3.63) is 16.6 Å². The summed E-state index contributed by atoms with van der Waals surface area (Å²) < 4.78 is 11.2. The van der Waals surface area contributed by atoms with E-state index in [0.717, 1.165) is 22.5 Å². The highest BCUT2D eigenvalue weighted by Crippen LogP contribution is 2.36. The fraction of sp³-hybridized carbons (Fsp3) is 0.500. The van der Waals surface area contributed by atoms with E-state index in [1.165, 1.54) is 0 Å². The van der Waals surface area contributed by atoms with Crippen LogP contribution in [0.25, 0.3) is 0 Å². The van der Waals surface area contributed by atoms with Crippen LogP contribution in [-0.4, -0.2) is 44.2 Å². The quantitative estimate of drug-likeness (QED) is 0.828. The van der Waals surface area contributed by atoms with Gasteiger partial charge in [-0.2, -0.15) is 11.8 Å². The topological polar surface area (TPSA) is 59.6 Å². The van der Waals surface area contributed by atoms with Crippen molar-refractivity contribution in [3.63, 3.8) is 0 Å². The second-order valence-electron chi connectivity index (χ2n) is 4.67. The summed E-state index contributed by atoms with van der Waals surface area (Å²) in [6.45, 7) is 0.961. The summed E-state index contributed by atoms with van der Waals surface area (Å²) in [5.41, 5.74) is 0.682. The Hall–Kier alpha value is -0.920. The van der Waals surface area contributed by atoms with E-state index in [4.69, 9.17) is 9.47 Å². The number of halogens is 1. The van der Waals surface area contributed by atoms with Gasteiger partial charge < -0.3 is 20.1 Å². The minimum absolute atomic E-state index is 0.0112.